The average Bonchev–Trinajstić information content (AvgIpc) is 2.47. The van der Waals surface area contributed by atoms with Crippen LogP contribution in [-0.2, 0) is 0 Å². The van der Waals surface area contributed by atoms with E-state index in [1.165, 1.54) is 0 Å². The Morgan fingerprint density at radius 3 is 2.71 bits per heavy atom. The molecule has 0 spiro atoms. The van der Waals surface area contributed by atoms with Gasteiger partial charge in [-0.25, -0.2) is 4.39 Å². The quantitative estimate of drug-likeness (QED) is 0.743. The molecule has 1 aliphatic rings. The van der Waals surface area contributed by atoms with Gasteiger partial charge in [-0.3, -0.25) is 0 Å². The largest absolute Gasteiger partial charge is 0.506 e. The topological polar surface area (TPSA) is 23.5 Å². The summed E-state index contributed by atoms with van der Waals surface area (Å²) in [5.74, 6) is 0.227. The number of rotatable bonds is 1. The fourth-order valence-corrected chi connectivity index (χ4v) is 1.86. The molecule has 14 heavy (non-hydrogen) atoms. The third-order valence-corrected chi connectivity index (χ3v) is 2.65. The molecule has 0 aliphatic carbocycles. The molecule has 0 amide bonds. The Balaban J connectivity index is 2.22. The third-order valence-electron chi connectivity index (χ3n) is 2.65. The maximum absolute atomic E-state index is 13.6. The van der Waals surface area contributed by atoms with Crippen LogP contribution in [0.4, 0.5) is 10.1 Å². The van der Waals surface area contributed by atoms with E-state index >= 15 is 0 Å². The van der Waals surface area contributed by atoms with Crippen molar-refractivity contribution in [1.29, 1.82) is 0 Å². The Hall–Kier alpha value is -1.25. The second kappa shape index (κ2) is 3.15. The highest BCUT2D eigenvalue weighted by molar-refractivity contribution is 5.58. The summed E-state index contributed by atoms with van der Waals surface area (Å²) in [7, 11) is 0. The summed E-state index contributed by atoms with van der Waals surface area (Å²) in [6, 6.07) is 7.06. The lowest BCUT2D eigenvalue weighted by atomic mass is 10.1. The summed E-state index contributed by atoms with van der Waals surface area (Å²) in [6.45, 7) is 2.64. The van der Waals surface area contributed by atoms with E-state index in [1.54, 1.807) is 19.1 Å². The zero-order chi connectivity index (χ0) is 10.2. The number of nitrogens with zero attached hydrogens (tertiary/aromatic N) is 1. The van der Waals surface area contributed by atoms with E-state index in [-0.39, 0.29) is 5.75 Å². The van der Waals surface area contributed by atoms with Crippen LogP contribution < -0.4 is 4.90 Å². The number of phenolic OH excluding ortho intramolecular Hbond substituents is 1. The van der Waals surface area contributed by atoms with E-state index in [0.29, 0.717) is 19.5 Å². The minimum absolute atomic E-state index is 0.227. The van der Waals surface area contributed by atoms with E-state index in [0.717, 1.165) is 5.69 Å². The van der Waals surface area contributed by atoms with E-state index in [1.807, 2.05) is 17.0 Å². The van der Waals surface area contributed by atoms with Crippen molar-refractivity contribution in [2.45, 2.75) is 19.0 Å². The van der Waals surface area contributed by atoms with Gasteiger partial charge in [0.05, 0.1) is 12.2 Å². The molecule has 1 aliphatic heterocycles. The molecule has 0 radical (unpaired) electrons. The van der Waals surface area contributed by atoms with E-state index in [2.05, 4.69) is 0 Å². The van der Waals surface area contributed by atoms with Crippen molar-refractivity contribution >= 4 is 5.69 Å². The van der Waals surface area contributed by atoms with Crippen LogP contribution >= 0.6 is 0 Å². The first-order chi connectivity index (χ1) is 6.58. The Kier molecular flexibility index (Phi) is 2.10. The second-order valence-corrected chi connectivity index (χ2v) is 4.07. The molecule has 3 heteroatoms. The number of hydrogen-bond donors (Lipinski definition) is 1. The predicted octanol–water partition coefficient (Wildman–Crippen LogP) is 2.33. The van der Waals surface area contributed by atoms with Gasteiger partial charge in [0.25, 0.3) is 0 Å². The van der Waals surface area contributed by atoms with Gasteiger partial charge in [0.1, 0.15) is 11.4 Å². The summed E-state index contributed by atoms with van der Waals surface area (Å²) in [4.78, 5) is 1.88. The van der Waals surface area contributed by atoms with Gasteiger partial charge in [-0.15, -0.1) is 0 Å². The molecule has 2 rings (SSSR count). The van der Waals surface area contributed by atoms with Crippen molar-refractivity contribution in [3.8, 4) is 5.75 Å². The zero-order valence-corrected chi connectivity index (χ0v) is 8.20. The highest BCUT2D eigenvalue weighted by Gasteiger charge is 2.34. The Bertz CT molecular complexity index is 338. The molecule has 76 valence electrons. The smallest absolute Gasteiger partial charge is 0.138 e. The van der Waals surface area contributed by atoms with Crippen LogP contribution in [0, 0.1) is 0 Å². The predicted molar refractivity (Wildman–Crippen MR) is 54.4 cm³/mol. The molecule has 1 N–H and O–H groups in total. The Morgan fingerprint density at radius 2 is 2.14 bits per heavy atom. The molecule has 1 atom stereocenters. The van der Waals surface area contributed by atoms with Crippen molar-refractivity contribution in [1.82, 2.24) is 0 Å². The third kappa shape index (κ3) is 1.67. The summed E-state index contributed by atoms with van der Waals surface area (Å²) >= 11 is 0. The van der Waals surface area contributed by atoms with Crippen molar-refractivity contribution < 1.29 is 9.50 Å². The standard InChI is InChI=1S/C11H14FNO/c1-11(12)6-7-13(8-11)9-4-2-3-5-10(9)14/h2-5,14H,6-8H2,1H3. The van der Waals surface area contributed by atoms with Gasteiger partial charge in [-0.1, -0.05) is 12.1 Å². The molecular formula is C11H14FNO. The van der Waals surface area contributed by atoms with E-state index < -0.39 is 5.67 Å². The molecule has 1 fully saturated rings. The fourth-order valence-electron chi connectivity index (χ4n) is 1.86. The number of aromatic hydroxyl groups is 1. The van der Waals surface area contributed by atoms with Gasteiger partial charge >= 0.3 is 0 Å². The molecule has 1 aromatic carbocycles. The van der Waals surface area contributed by atoms with E-state index in [9.17, 15) is 9.50 Å². The lowest BCUT2D eigenvalue weighted by Gasteiger charge is -2.20. The van der Waals surface area contributed by atoms with Crippen LogP contribution in [0.5, 0.6) is 5.75 Å². The van der Waals surface area contributed by atoms with Crippen LogP contribution in [0.3, 0.4) is 0 Å². The number of hydrogen-bond acceptors (Lipinski definition) is 2. The number of alkyl halides is 1. The molecule has 1 saturated heterocycles. The Morgan fingerprint density at radius 1 is 1.43 bits per heavy atom. The van der Waals surface area contributed by atoms with Crippen LogP contribution in [0.15, 0.2) is 24.3 Å². The number of para-hydroxylation sites is 2. The van der Waals surface area contributed by atoms with E-state index in [4.69, 9.17) is 0 Å². The molecular weight excluding hydrogens is 181 g/mol. The molecule has 1 aromatic rings. The molecule has 0 bridgehead atoms. The summed E-state index contributed by atoms with van der Waals surface area (Å²) in [5, 5.41) is 9.58. The van der Waals surface area contributed by atoms with Gasteiger partial charge < -0.3 is 10.0 Å². The van der Waals surface area contributed by atoms with Crippen LogP contribution in [0.2, 0.25) is 0 Å². The highest BCUT2D eigenvalue weighted by atomic mass is 19.1. The van der Waals surface area contributed by atoms with Crippen LogP contribution in [0.25, 0.3) is 0 Å². The van der Waals surface area contributed by atoms with Gasteiger partial charge in [-0.05, 0) is 19.1 Å². The second-order valence-electron chi connectivity index (χ2n) is 4.07. The average molecular weight is 195 g/mol. The maximum atomic E-state index is 13.6. The number of phenols is 1. The molecule has 1 unspecified atom stereocenters. The van der Waals surface area contributed by atoms with Gasteiger partial charge in [0.15, 0.2) is 0 Å². The van der Waals surface area contributed by atoms with Crippen LogP contribution in [-0.4, -0.2) is 23.9 Å². The molecule has 2 nitrogen and oxygen atoms in total. The first-order valence-electron chi connectivity index (χ1n) is 4.80. The van der Waals surface area contributed by atoms with Gasteiger partial charge in [-0.2, -0.15) is 0 Å². The van der Waals surface area contributed by atoms with Gasteiger partial charge in [0, 0.05) is 13.0 Å². The first kappa shape index (κ1) is 9.31. The van der Waals surface area contributed by atoms with Crippen molar-refractivity contribution in [2.24, 2.45) is 0 Å². The molecule has 0 aromatic heterocycles. The summed E-state index contributed by atoms with van der Waals surface area (Å²) in [5.41, 5.74) is -0.392. The minimum Gasteiger partial charge on any atom is -0.506 e. The normalized spacial score (nSPS) is 26.9. The fraction of sp³-hybridized carbons (Fsp3) is 0.455. The lowest BCUT2D eigenvalue weighted by molar-refractivity contribution is 0.221. The first-order valence-corrected chi connectivity index (χ1v) is 4.80. The summed E-state index contributed by atoms with van der Waals surface area (Å²) in [6.07, 6.45) is 0.529. The van der Waals surface area contributed by atoms with Crippen LogP contribution in [0.1, 0.15) is 13.3 Å². The van der Waals surface area contributed by atoms with Gasteiger partial charge in [0.2, 0.25) is 0 Å². The highest BCUT2D eigenvalue weighted by Crippen LogP contribution is 2.33. The molecule has 0 saturated carbocycles. The zero-order valence-electron chi connectivity index (χ0n) is 8.20. The van der Waals surface area contributed by atoms with Crippen molar-refractivity contribution in [2.75, 3.05) is 18.0 Å². The number of halogens is 1. The Labute approximate surface area is 83.0 Å². The monoisotopic (exact) mass is 195 g/mol. The minimum atomic E-state index is -1.12. The molecule has 1 heterocycles. The SMILES string of the molecule is CC1(F)CCN(c2ccccc2O)C1. The number of anilines is 1. The summed E-state index contributed by atoms with van der Waals surface area (Å²) < 4.78 is 13.6. The van der Waals surface area contributed by atoms with Crippen molar-refractivity contribution in [3.05, 3.63) is 24.3 Å². The van der Waals surface area contributed by atoms with Crippen molar-refractivity contribution in [3.63, 3.8) is 0 Å². The maximum Gasteiger partial charge on any atom is 0.138 e. The number of benzene rings is 1. The lowest BCUT2D eigenvalue weighted by Crippen LogP contribution is -2.25.